The van der Waals surface area contributed by atoms with Gasteiger partial charge in [0.15, 0.2) is 5.96 Å². The summed E-state index contributed by atoms with van der Waals surface area (Å²) >= 11 is 0. The summed E-state index contributed by atoms with van der Waals surface area (Å²) < 4.78 is 5.98. The lowest BCUT2D eigenvalue weighted by Gasteiger charge is -2.41. The van der Waals surface area contributed by atoms with Crippen molar-refractivity contribution in [2.45, 2.75) is 45.1 Å². The van der Waals surface area contributed by atoms with Gasteiger partial charge in [0.2, 0.25) is 0 Å². The molecule has 2 fully saturated rings. The molecule has 2 N–H and O–H groups in total. The number of nitrogens with zero attached hydrogens (tertiary/aromatic N) is 1. The third-order valence-electron chi connectivity index (χ3n) is 5.89. The quantitative estimate of drug-likeness (QED) is 0.384. The molecule has 4 nitrogen and oxygen atoms in total. The van der Waals surface area contributed by atoms with Crippen LogP contribution >= 0.6 is 24.0 Å². The Morgan fingerprint density at radius 2 is 2.00 bits per heavy atom. The number of benzene rings is 1. The number of guanidine groups is 1. The molecule has 25 heavy (non-hydrogen) atoms. The van der Waals surface area contributed by atoms with Crippen LogP contribution in [-0.2, 0) is 4.74 Å². The van der Waals surface area contributed by atoms with Crippen LogP contribution in [0.2, 0.25) is 0 Å². The van der Waals surface area contributed by atoms with E-state index >= 15 is 0 Å². The fraction of sp³-hybridized carbons (Fsp3) is 0.650. The molecule has 140 valence electrons. The van der Waals surface area contributed by atoms with Crippen molar-refractivity contribution in [2.24, 2.45) is 16.3 Å². The molecule has 5 heteroatoms. The third-order valence-corrected chi connectivity index (χ3v) is 5.89. The fourth-order valence-electron chi connectivity index (χ4n) is 3.91. The van der Waals surface area contributed by atoms with Crippen molar-refractivity contribution in [3.63, 3.8) is 0 Å². The van der Waals surface area contributed by atoms with Crippen LogP contribution in [0.25, 0.3) is 0 Å². The molecule has 0 amide bonds. The Labute approximate surface area is 169 Å². The van der Waals surface area contributed by atoms with E-state index in [0.29, 0.717) is 11.3 Å². The molecular formula is C20H32IN3O. The Hall–Kier alpha value is -0.820. The second kappa shape index (κ2) is 9.76. The summed E-state index contributed by atoms with van der Waals surface area (Å²) in [5, 5.41) is 7.05. The van der Waals surface area contributed by atoms with Crippen molar-refractivity contribution in [1.82, 2.24) is 10.6 Å². The number of halogens is 1. The van der Waals surface area contributed by atoms with Crippen LogP contribution in [-0.4, -0.2) is 32.7 Å². The Morgan fingerprint density at radius 1 is 1.24 bits per heavy atom. The molecule has 1 aromatic rings. The molecule has 2 unspecified atom stereocenters. The van der Waals surface area contributed by atoms with Crippen LogP contribution in [0.5, 0.6) is 0 Å². The molecule has 0 aromatic heterocycles. The molecule has 1 saturated carbocycles. The first-order valence-corrected chi connectivity index (χ1v) is 9.37. The lowest BCUT2D eigenvalue weighted by atomic mass is 9.67. The molecule has 1 aliphatic heterocycles. The predicted molar refractivity (Wildman–Crippen MR) is 115 cm³/mol. The van der Waals surface area contributed by atoms with Gasteiger partial charge in [-0.3, -0.25) is 4.99 Å². The smallest absolute Gasteiger partial charge is 0.191 e. The average molecular weight is 457 g/mol. The van der Waals surface area contributed by atoms with Crippen molar-refractivity contribution < 1.29 is 4.74 Å². The zero-order valence-corrected chi connectivity index (χ0v) is 17.8. The van der Waals surface area contributed by atoms with Gasteiger partial charge >= 0.3 is 0 Å². The van der Waals surface area contributed by atoms with E-state index in [4.69, 9.17) is 4.74 Å². The molecule has 0 spiro atoms. The first-order valence-electron chi connectivity index (χ1n) is 9.37. The SMILES string of the molecule is CCC1(CNC(=NC)NCC2CCOC2c2ccccc2)CCC1.I. The van der Waals surface area contributed by atoms with E-state index in [9.17, 15) is 0 Å². The van der Waals surface area contributed by atoms with Gasteiger partial charge in [0.25, 0.3) is 0 Å². The van der Waals surface area contributed by atoms with Gasteiger partial charge in [0.05, 0.1) is 6.10 Å². The van der Waals surface area contributed by atoms with Gasteiger partial charge in [0, 0.05) is 32.7 Å². The monoisotopic (exact) mass is 457 g/mol. The van der Waals surface area contributed by atoms with E-state index in [1.54, 1.807) is 0 Å². The van der Waals surface area contributed by atoms with Gasteiger partial charge in [-0.2, -0.15) is 0 Å². The van der Waals surface area contributed by atoms with Crippen molar-refractivity contribution in [1.29, 1.82) is 0 Å². The highest BCUT2D eigenvalue weighted by molar-refractivity contribution is 14.0. The number of aliphatic imine (C=N–C) groups is 1. The standard InChI is InChI=1S/C20H31N3O.HI/c1-3-20(11-7-12-20)15-23-19(21-2)22-14-17-10-13-24-18(17)16-8-5-4-6-9-16;/h4-6,8-9,17-18H,3,7,10-15H2,1-2H3,(H2,21,22,23);1H. The highest BCUT2D eigenvalue weighted by Crippen LogP contribution is 2.43. The Balaban J connectivity index is 0.00000225. The molecule has 2 aliphatic rings. The van der Waals surface area contributed by atoms with E-state index < -0.39 is 0 Å². The van der Waals surface area contributed by atoms with Gasteiger partial charge in [-0.25, -0.2) is 0 Å². The molecule has 1 aromatic carbocycles. The van der Waals surface area contributed by atoms with E-state index in [1.165, 1.54) is 31.2 Å². The minimum absolute atomic E-state index is 0. The highest BCUT2D eigenvalue weighted by Gasteiger charge is 2.35. The molecular weight excluding hydrogens is 425 g/mol. The maximum absolute atomic E-state index is 5.98. The van der Waals surface area contributed by atoms with Crippen LogP contribution in [0.15, 0.2) is 35.3 Å². The minimum Gasteiger partial charge on any atom is -0.373 e. The summed E-state index contributed by atoms with van der Waals surface area (Å²) in [7, 11) is 1.86. The molecule has 0 radical (unpaired) electrons. The Bertz CT molecular complexity index is 540. The lowest BCUT2D eigenvalue weighted by molar-refractivity contribution is 0.0914. The largest absolute Gasteiger partial charge is 0.373 e. The fourth-order valence-corrected chi connectivity index (χ4v) is 3.91. The summed E-state index contributed by atoms with van der Waals surface area (Å²) in [6.07, 6.45) is 6.62. The normalized spacial score (nSPS) is 25.0. The maximum atomic E-state index is 5.98. The topological polar surface area (TPSA) is 45.7 Å². The molecule has 1 aliphatic carbocycles. The van der Waals surface area contributed by atoms with Crippen LogP contribution in [0.3, 0.4) is 0 Å². The zero-order chi connectivity index (χ0) is 16.8. The summed E-state index contributed by atoms with van der Waals surface area (Å²) in [4.78, 5) is 4.40. The first kappa shape index (κ1) is 20.5. The van der Waals surface area contributed by atoms with E-state index in [0.717, 1.165) is 32.1 Å². The van der Waals surface area contributed by atoms with Crippen molar-refractivity contribution in [3.05, 3.63) is 35.9 Å². The summed E-state index contributed by atoms with van der Waals surface area (Å²) in [5.41, 5.74) is 1.78. The third kappa shape index (κ3) is 5.09. The van der Waals surface area contributed by atoms with Gasteiger partial charge in [-0.15, -0.1) is 24.0 Å². The molecule has 1 saturated heterocycles. The van der Waals surface area contributed by atoms with Gasteiger partial charge in [0.1, 0.15) is 0 Å². The number of hydrogen-bond donors (Lipinski definition) is 2. The van der Waals surface area contributed by atoms with Gasteiger partial charge in [-0.05, 0) is 36.7 Å². The number of hydrogen-bond acceptors (Lipinski definition) is 2. The van der Waals surface area contributed by atoms with Crippen molar-refractivity contribution >= 4 is 29.9 Å². The maximum Gasteiger partial charge on any atom is 0.191 e. The zero-order valence-electron chi connectivity index (χ0n) is 15.5. The highest BCUT2D eigenvalue weighted by atomic mass is 127. The first-order chi connectivity index (χ1) is 11.8. The number of rotatable bonds is 6. The predicted octanol–water partition coefficient (Wildman–Crippen LogP) is 4.13. The minimum atomic E-state index is 0. The van der Waals surface area contributed by atoms with E-state index in [2.05, 4.69) is 52.9 Å². The van der Waals surface area contributed by atoms with Crippen LogP contribution in [0.4, 0.5) is 0 Å². The molecule has 2 atom stereocenters. The van der Waals surface area contributed by atoms with Crippen molar-refractivity contribution in [3.8, 4) is 0 Å². The molecule has 3 rings (SSSR count). The number of ether oxygens (including phenoxy) is 1. The van der Waals surface area contributed by atoms with E-state index in [1.807, 2.05) is 7.05 Å². The second-order valence-corrected chi connectivity index (χ2v) is 7.26. The van der Waals surface area contributed by atoms with Crippen LogP contribution < -0.4 is 10.6 Å². The van der Waals surface area contributed by atoms with Gasteiger partial charge in [-0.1, -0.05) is 43.7 Å². The Morgan fingerprint density at radius 3 is 2.60 bits per heavy atom. The summed E-state index contributed by atoms with van der Waals surface area (Å²) in [6, 6.07) is 10.6. The Kier molecular flexibility index (Phi) is 8.00. The summed E-state index contributed by atoms with van der Waals surface area (Å²) in [5.74, 6) is 1.42. The number of nitrogens with one attached hydrogen (secondary N) is 2. The van der Waals surface area contributed by atoms with Crippen LogP contribution in [0, 0.1) is 11.3 Å². The van der Waals surface area contributed by atoms with Crippen molar-refractivity contribution in [2.75, 3.05) is 26.7 Å². The summed E-state index contributed by atoms with van der Waals surface area (Å²) in [6.45, 7) is 5.08. The molecule has 1 heterocycles. The molecule has 0 bridgehead atoms. The second-order valence-electron chi connectivity index (χ2n) is 7.26. The van der Waals surface area contributed by atoms with Crippen LogP contribution in [0.1, 0.15) is 50.7 Å². The lowest BCUT2D eigenvalue weighted by Crippen LogP contribution is -2.47. The van der Waals surface area contributed by atoms with Gasteiger partial charge < -0.3 is 15.4 Å². The average Bonchev–Trinajstić information content (AvgIpc) is 3.06. The van der Waals surface area contributed by atoms with E-state index in [-0.39, 0.29) is 30.1 Å².